The van der Waals surface area contributed by atoms with Gasteiger partial charge < -0.3 is 15.4 Å². The largest absolute Gasteiger partial charge is 0.378 e. The number of aliphatic imine (C=N–C) groups is 1. The van der Waals surface area contributed by atoms with E-state index in [0.717, 1.165) is 0 Å². The van der Waals surface area contributed by atoms with Gasteiger partial charge in [0.1, 0.15) is 22.5 Å². The number of nitriles is 1. The quantitative estimate of drug-likeness (QED) is 0.688. The average Bonchev–Trinajstić information content (AvgIpc) is 2.84. The lowest BCUT2D eigenvalue weighted by atomic mass is 9.81. The number of thioether (sulfide) groups is 1. The van der Waals surface area contributed by atoms with Crippen molar-refractivity contribution >= 4 is 34.7 Å². The van der Waals surface area contributed by atoms with Crippen molar-refractivity contribution in [3.05, 3.63) is 64.7 Å². The Hall–Kier alpha value is -3.29. The maximum absolute atomic E-state index is 15.1. The molecular weight excluding hydrogens is 472 g/mol. The Balaban J connectivity index is 1.66. The molecule has 10 heteroatoms. The van der Waals surface area contributed by atoms with Gasteiger partial charge in [0.2, 0.25) is 5.91 Å². The van der Waals surface area contributed by atoms with Crippen LogP contribution in [0, 0.1) is 17.1 Å². The molecule has 0 radical (unpaired) electrons. The van der Waals surface area contributed by atoms with Gasteiger partial charge in [-0.2, -0.15) is 5.26 Å². The van der Waals surface area contributed by atoms with Crippen LogP contribution >= 0.6 is 11.8 Å². The number of morpholine rings is 1. The van der Waals surface area contributed by atoms with Crippen LogP contribution in [0.3, 0.4) is 0 Å². The minimum Gasteiger partial charge on any atom is -0.378 e. The number of aromatic nitrogens is 1. The summed E-state index contributed by atoms with van der Waals surface area (Å²) in [4.78, 5) is 23.6. The first kappa shape index (κ1) is 24.8. The molecule has 1 fully saturated rings. The predicted molar refractivity (Wildman–Crippen MR) is 131 cm³/mol. The Morgan fingerprint density at radius 3 is 2.69 bits per heavy atom. The molecule has 7 nitrogen and oxygen atoms in total. The van der Waals surface area contributed by atoms with E-state index in [1.807, 2.05) is 6.07 Å². The van der Waals surface area contributed by atoms with Crippen LogP contribution < -0.4 is 5.73 Å². The van der Waals surface area contributed by atoms with E-state index in [9.17, 15) is 9.18 Å². The van der Waals surface area contributed by atoms with Crippen molar-refractivity contribution < 1.29 is 18.3 Å². The van der Waals surface area contributed by atoms with E-state index in [2.05, 4.69) is 9.98 Å². The van der Waals surface area contributed by atoms with Crippen molar-refractivity contribution in [2.75, 3.05) is 26.3 Å². The van der Waals surface area contributed by atoms with Crippen molar-refractivity contribution in [3.63, 3.8) is 0 Å². The molecule has 3 heterocycles. The number of carbonyl (C=O) groups excluding carboxylic acids is 1. The van der Waals surface area contributed by atoms with E-state index in [1.54, 1.807) is 18.7 Å². The van der Waals surface area contributed by atoms with Crippen molar-refractivity contribution in [1.29, 1.82) is 5.26 Å². The number of amides is 1. The minimum absolute atomic E-state index is 0.0566. The molecule has 1 amide bonds. The summed E-state index contributed by atoms with van der Waals surface area (Å²) in [5.41, 5.74) is 6.01. The number of pyridine rings is 1. The van der Waals surface area contributed by atoms with Crippen LogP contribution in [0.2, 0.25) is 0 Å². The second-order valence-electron chi connectivity index (χ2n) is 8.91. The summed E-state index contributed by atoms with van der Waals surface area (Å²) in [6.45, 7) is 5.44. The first-order valence-corrected chi connectivity index (χ1v) is 11.9. The third-order valence-corrected chi connectivity index (χ3v) is 7.19. The monoisotopic (exact) mass is 497 g/mol. The Kier molecular flexibility index (Phi) is 6.92. The number of rotatable bonds is 4. The molecule has 2 aliphatic heterocycles. The zero-order valence-electron chi connectivity index (χ0n) is 19.4. The first-order chi connectivity index (χ1) is 16.6. The summed E-state index contributed by atoms with van der Waals surface area (Å²) in [7, 11) is 0. The second kappa shape index (κ2) is 9.76. The average molecular weight is 498 g/mol. The highest BCUT2D eigenvalue weighted by Crippen LogP contribution is 2.47. The number of halogens is 2. The van der Waals surface area contributed by atoms with E-state index in [1.165, 1.54) is 54.4 Å². The third-order valence-electron chi connectivity index (χ3n) is 6.12. The molecule has 1 aromatic heterocycles. The van der Waals surface area contributed by atoms with Gasteiger partial charge in [0.05, 0.1) is 30.0 Å². The van der Waals surface area contributed by atoms with Crippen molar-refractivity contribution in [2.24, 2.45) is 10.7 Å². The van der Waals surface area contributed by atoms with Crippen LogP contribution in [0.15, 0.2) is 41.5 Å². The van der Waals surface area contributed by atoms with Gasteiger partial charge in [0.25, 0.3) is 0 Å². The Bertz CT molecular complexity index is 1240. The summed E-state index contributed by atoms with van der Waals surface area (Å²) in [6.07, 6.45) is 2.73. The molecule has 182 valence electrons. The highest BCUT2D eigenvalue weighted by Gasteiger charge is 2.49. The van der Waals surface area contributed by atoms with Crippen molar-refractivity contribution in [3.8, 4) is 6.07 Å². The highest BCUT2D eigenvalue weighted by molar-refractivity contribution is 8.15. The molecule has 2 aliphatic rings. The number of hydrogen-bond donors (Lipinski definition) is 1. The second-order valence-corrected chi connectivity index (χ2v) is 10.4. The molecular formula is C25H25F2N5O2S. The van der Waals surface area contributed by atoms with Crippen LogP contribution in [0.25, 0.3) is 11.9 Å². The number of amidine groups is 1. The highest BCUT2D eigenvalue weighted by atomic mass is 32.2. The van der Waals surface area contributed by atoms with E-state index in [-0.39, 0.29) is 28.8 Å². The molecule has 0 unspecified atom stereocenters. The number of carbonyl (C=O) groups is 1. The summed E-state index contributed by atoms with van der Waals surface area (Å²) in [5, 5.41) is 9.08. The molecule has 0 spiro atoms. The van der Waals surface area contributed by atoms with E-state index in [4.69, 9.17) is 15.7 Å². The molecule has 4 rings (SSSR count). The number of nitrogens with zero attached hydrogens (tertiary/aromatic N) is 4. The number of ether oxygens (including phenoxy) is 1. The molecule has 2 atom stereocenters. The minimum atomic E-state index is -1.14. The summed E-state index contributed by atoms with van der Waals surface area (Å²) >= 11 is 1.18. The van der Waals surface area contributed by atoms with Crippen LogP contribution in [0.4, 0.5) is 8.78 Å². The van der Waals surface area contributed by atoms with E-state index < -0.39 is 21.9 Å². The zero-order chi connectivity index (χ0) is 25.2. The molecule has 0 bridgehead atoms. The van der Waals surface area contributed by atoms with E-state index >= 15 is 4.39 Å². The SMILES string of the molecule is C[C@]1(C(=O)N2CCOCC2)C[C@@](C)(c2cc(/C=C(\F)c3ccc(C#N)cn3)ccc2F)N=C(N)S1. The normalized spacial score (nSPS) is 25.1. The van der Waals surface area contributed by atoms with Gasteiger partial charge >= 0.3 is 0 Å². The molecule has 1 aromatic carbocycles. The lowest BCUT2D eigenvalue weighted by molar-refractivity contribution is -0.138. The lowest BCUT2D eigenvalue weighted by Gasteiger charge is -2.43. The van der Waals surface area contributed by atoms with Crippen LogP contribution in [0.1, 0.15) is 42.7 Å². The topological polar surface area (TPSA) is 105 Å². The third kappa shape index (κ3) is 5.21. The van der Waals surface area contributed by atoms with Gasteiger partial charge in [-0.25, -0.2) is 8.78 Å². The number of hydrogen-bond acceptors (Lipinski definition) is 7. The first-order valence-electron chi connectivity index (χ1n) is 11.1. The Morgan fingerprint density at radius 2 is 2.03 bits per heavy atom. The fraction of sp³-hybridized carbons (Fsp3) is 0.360. The molecule has 1 saturated heterocycles. The fourth-order valence-electron chi connectivity index (χ4n) is 4.47. The van der Waals surface area contributed by atoms with Gasteiger partial charge in [-0.05, 0) is 49.8 Å². The Labute approximate surface area is 206 Å². The maximum atomic E-state index is 15.1. The molecule has 2 aromatic rings. The summed E-state index contributed by atoms with van der Waals surface area (Å²) in [6, 6.07) is 9.03. The summed E-state index contributed by atoms with van der Waals surface area (Å²) < 4.78 is 34.3. The van der Waals surface area contributed by atoms with Gasteiger partial charge in [0.15, 0.2) is 5.17 Å². The summed E-state index contributed by atoms with van der Waals surface area (Å²) in [5.74, 6) is -1.25. The van der Waals surface area contributed by atoms with Crippen LogP contribution in [-0.4, -0.2) is 52.0 Å². The van der Waals surface area contributed by atoms with Gasteiger partial charge in [-0.15, -0.1) is 0 Å². The van der Waals surface area contributed by atoms with Crippen molar-refractivity contribution in [2.45, 2.75) is 30.6 Å². The Morgan fingerprint density at radius 1 is 1.29 bits per heavy atom. The molecule has 0 saturated carbocycles. The van der Waals surface area contributed by atoms with Gasteiger partial charge in [-0.3, -0.25) is 14.8 Å². The number of nitrogens with two attached hydrogens (primary N) is 1. The standard InChI is InChI=1S/C25H25F2N5O2S/c1-24(15-25(2,35-23(29)31-24)22(33)32-7-9-34-10-8-32)18-11-16(3-5-19(18)26)12-20(27)21-6-4-17(13-28)14-30-21/h3-6,11-12,14H,7-10,15H2,1-2H3,(H2,29,31)/b20-12-/t24-,25+/m0/s1. The van der Waals surface area contributed by atoms with Crippen LogP contribution in [-0.2, 0) is 15.1 Å². The molecule has 0 aliphatic carbocycles. The number of benzene rings is 1. The van der Waals surface area contributed by atoms with E-state index in [0.29, 0.717) is 37.4 Å². The predicted octanol–water partition coefficient (Wildman–Crippen LogP) is 3.84. The lowest BCUT2D eigenvalue weighted by Crippen LogP contribution is -2.54. The fourth-order valence-corrected chi connectivity index (χ4v) is 5.75. The zero-order valence-corrected chi connectivity index (χ0v) is 20.2. The van der Waals surface area contributed by atoms with Crippen LogP contribution in [0.5, 0.6) is 0 Å². The van der Waals surface area contributed by atoms with Gasteiger partial charge in [0, 0.05) is 31.3 Å². The smallest absolute Gasteiger partial charge is 0.239 e. The van der Waals surface area contributed by atoms with Gasteiger partial charge in [-0.1, -0.05) is 17.8 Å². The molecule has 35 heavy (non-hydrogen) atoms. The molecule has 2 N–H and O–H groups in total. The maximum Gasteiger partial charge on any atom is 0.239 e. The van der Waals surface area contributed by atoms with Crippen molar-refractivity contribution in [1.82, 2.24) is 9.88 Å².